The van der Waals surface area contributed by atoms with Crippen molar-refractivity contribution in [1.29, 1.82) is 0 Å². The lowest BCUT2D eigenvalue weighted by atomic mass is 10.1. The van der Waals surface area contributed by atoms with E-state index in [2.05, 4.69) is 4.98 Å². The molecule has 7 heteroatoms. The summed E-state index contributed by atoms with van der Waals surface area (Å²) in [4.78, 5) is 6.22. The third-order valence-electron chi connectivity index (χ3n) is 4.29. The van der Waals surface area contributed by atoms with Crippen molar-refractivity contribution in [3.05, 3.63) is 65.2 Å². The summed E-state index contributed by atoms with van der Waals surface area (Å²) >= 11 is 0. The van der Waals surface area contributed by atoms with E-state index in [1.165, 1.54) is 0 Å². The van der Waals surface area contributed by atoms with Gasteiger partial charge >= 0.3 is 6.18 Å². The zero-order valence-corrected chi connectivity index (χ0v) is 14.2. The number of hydrogen-bond donors (Lipinski definition) is 0. The van der Waals surface area contributed by atoms with E-state index in [0.29, 0.717) is 25.8 Å². The highest BCUT2D eigenvalue weighted by Crippen LogP contribution is 2.31. The lowest BCUT2D eigenvalue weighted by molar-refractivity contribution is -0.137. The summed E-state index contributed by atoms with van der Waals surface area (Å²) < 4.78 is 58.2. The van der Waals surface area contributed by atoms with Crippen LogP contribution in [0, 0.1) is 5.82 Å². The van der Waals surface area contributed by atoms with Gasteiger partial charge in [0.2, 0.25) is 0 Å². The molecule has 1 unspecified atom stereocenters. The summed E-state index contributed by atoms with van der Waals surface area (Å²) in [6.45, 7) is 1.91. The summed E-state index contributed by atoms with van der Waals surface area (Å²) in [5.74, 6) is -0.885. The molecule has 1 fully saturated rings. The number of halogens is 4. The lowest BCUT2D eigenvalue weighted by Gasteiger charge is -2.25. The average Bonchev–Trinajstić information content (AvgIpc) is 3.07. The highest BCUT2D eigenvalue weighted by Gasteiger charge is 2.31. The van der Waals surface area contributed by atoms with E-state index in [9.17, 15) is 17.6 Å². The summed E-state index contributed by atoms with van der Waals surface area (Å²) in [7, 11) is 0. The summed E-state index contributed by atoms with van der Waals surface area (Å²) in [5, 5.41) is 0. The molecule has 0 saturated carbocycles. The first kappa shape index (κ1) is 18.8. The van der Waals surface area contributed by atoms with Gasteiger partial charge in [-0.25, -0.2) is 4.39 Å². The van der Waals surface area contributed by atoms with E-state index in [0.717, 1.165) is 30.7 Å². The van der Waals surface area contributed by atoms with Crippen LogP contribution in [-0.4, -0.2) is 29.1 Å². The van der Waals surface area contributed by atoms with Crippen LogP contribution in [-0.2, 0) is 24.0 Å². The number of rotatable bonds is 6. The third kappa shape index (κ3) is 5.25. The van der Waals surface area contributed by atoms with Crippen LogP contribution >= 0.6 is 0 Å². The highest BCUT2D eigenvalue weighted by molar-refractivity contribution is 5.27. The minimum atomic E-state index is -4.57. The first-order valence-electron chi connectivity index (χ1n) is 8.51. The normalized spacial score (nSPS) is 17.8. The molecule has 1 aromatic carbocycles. The van der Waals surface area contributed by atoms with Gasteiger partial charge < -0.3 is 4.74 Å². The molecule has 1 atom stereocenters. The number of alkyl halides is 3. The number of nitrogens with zero attached hydrogens (tertiary/aromatic N) is 2. The van der Waals surface area contributed by atoms with E-state index in [4.69, 9.17) is 4.74 Å². The van der Waals surface area contributed by atoms with Gasteiger partial charge in [0, 0.05) is 32.4 Å². The van der Waals surface area contributed by atoms with Crippen LogP contribution < -0.4 is 0 Å². The maximum absolute atomic E-state index is 13.7. The minimum absolute atomic E-state index is 0.0364. The monoisotopic (exact) mass is 368 g/mol. The van der Waals surface area contributed by atoms with Crippen molar-refractivity contribution in [3.63, 3.8) is 0 Å². The fourth-order valence-electron chi connectivity index (χ4n) is 3.15. The Kier molecular flexibility index (Phi) is 5.88. The fraction of sp³-hybridized carbons (Fsp3) is 0.421. The van der Waals surface area contributed by atoms with Gasteiger partial charge in [0.25, 0.3) is 0 Å². The molecule has 0 aliphatic carbocycles. The second-order valence-corrected chi connectivity index (χ2v) is 6.47. The molecule has 26 heavy (non-hydrogen) atoms. The number of benzene rings is 1. The topological polar surface area (TPSA) is 25.4 Å². The Bertz CT molecular complexity index is 715. The minimum Gasteiger partial charge on any atom is -0.377 e. The quantitative estimate of drug-likeness (QED) is 0.706. The molecule has 3 nitrogen and oxygen atoms in total. The standard InChI is InChI=1S/C19H20F4N2O/c20-16-9-14(8-15(10-16)19(21,22)23)11-25(13-18-5-3-7-26-18)12-17-4-1-2-6-24-17/h1-2,4,6,8-10,18H,3,5,7,11-13H2. The Morgan fingerprint density at radius 3 is 2.65 bits per heavy atom. The van der Waals surface area contributed by atoms with Crippen LogP contribution in [0.4, 0.5) is 17.6 Å². The molecule has 0 bridgehead atoms. The fourth-order valence-corrected chi connectivity index (χ4v) is 3.15. The van der Waals surface area contributed by atoms with Gasteiger partial charge in [-0.3, -0.25) is 9.88 Å². The molecule has 1 aliphatic heterocycles. The predicted molar refractivity (Wildman–Crippen MR) is 88.7 cm³/mol. The summed E-state index contributed by atoms with van der Waals surface area (Å²) in [6, 6.07) is 8.19. The van der Waals surface area contributed by atoms with Crippen LogP contribution in [0.25, 0.3) is 0 Å². The molecule has 1 saturated heterocycles. The van der Waals surface area contributed by atoms with Gasteiger partial charge in [0.15, 0.2) is 0 Å². The zero-order chi connectivity index (χ0) is 18.6. The molecular weight excluding hydrogens is 348 g/mol. The average molecular weight is 368 g/mol. The van der Waals surface area contributed by atoms with Crippen LogP contribution in [0.15, 0.2) is 42.6 Å². The number of hydrogen-bond acceptors (Lipinski definition) is 3. The first-order valence-corrected chi connectivity index (χ1v) is 8.51. The molecule has 140 valence electrons. The maximum Gasteiger partial charge on any atom is 0.416 e. The Morgan fingerprint density at radius 1 is 1.15 bits per heavy atom. The molecule has 0 spiro atoms. The van der Waals surface area contributed by atoms with Gasteiger partial charge in [0.1, 0.15) is 5.82 Å². The van der Waals surface area contributed by atoms with Crippen LogP contribution in [0.1, 0.15) is 29.7 Å². The van der Waals surface area contributed by atoms with Crippen molar-refractivity contribution in [1.82, 2.24) is 9.88 Å². The molecule has 1 aromatic heterocycles. The van der Waals surface area contributed by atoms with Gasteiger partial charge in [0.05, 0.1) is 17.4 Å². The molecule has 0 N–H and O–H groups in total. The predicted octanol–water partition coefficient (Wildman–Crippen LogP) is 4.42. The zero-order valence-electron chi connectivity index (χ0n) is 14.2. The SMILES string of the molecule is Fc1cc(CN(Cc2ccccn2)CC2CCCO2)cc(C(F)(F)F)c1. The number of aromatic nitrogens is 1. The maximum atomic E-state index is 13.7. The van der Waals surface area contributed by atoms with Crippen molar-refractivity contribution in [2.45, 2.75) is 38.2 Å². The van der Waals surface area contributed by atoms with Crippen LogP contribution in [0.3, 0.4) is 0 Å². The molecule has 1 aliphatic rings. The van der Waals surface area contributed by atoms with Gasteiger partial charge in [-0.15, -0.1) is 0 Å². The summed E-state index contributed by atoms with van der Waals surface area (Å²) in [5.41, 5.74) is 0.117. The van der Waals surface area contributed by atoms with Crippen molar-refractivity contribution in [2.75, 3.05) is 13.2 Å². The Labute approximate surface area is 149 Å². The van der Waals surface area contributed by atoms with E-state index < -0.39 is 17.6 Å². The van der Waals surface area contributed by atoms with Gasteiger partial charge in [-0.2, -0.15) is 13.2 Å². The lowest BCUT2D eigenvalue weighted by Crippen LogP contribution is -2.32. The van der Waals surface area contributed by atoms with E-state index in [-0.39, 0.29) is 18.2 Å². The molecule has 2 aromatic rings. The Hall–Kier alpha value is -1.99. The van der Waals surface area contributed by atoms with Crippen molar-refractivity contribution in [2.24, 2.45) is 0 Å². The Morgan fingerprint density at radius 2 is 2.00 bits per heavy atom. The molecule has 2 heterocycles. The van der Waals surface area contributed by atoms with Gasteiger partial charge in [-0.1, -0.05) is 6.07 Å². The highest BCUT2D eigenvalue weighted by atomic mass is 19.4. The van der Waals surface area contributed by atoms with Crippen molar-refractivity contribution >= 4 is 0 Å². The van der Waals surface area contributed by atoms with Gasteiger partial charge in [-0.05, 0) is 48.7 Å². The van der Waals surface area contributed by atoms with E-state index in [1.807, 2.05) is 17.0 Å². The molecule has 3 rings (SSSR count). The van der Waals surface area contributed by atoms with Crippen molar-refractivity contribution in [3.8, 4) is 0 Å². The van der Waals surface area contributed by atoms with Crippen LogP contribution in [0.2, 0.25) is 0 Å². The van der Waals surface area contributed by atoms with E-state index >= 15 is 0 Å². The van der Waals surface area contributed by atoms with E-state index in [1.54, 1.807) is 12.3 Å². The largest absolute Gasteiger partial charge is 0.416 e. The molecule has 0 radical (unpaired) electrons. The summed E-state index contributed by atoms with van der Waals surface area (Å²) in [6.07, 6.45) is -0.981. The first-order chi connectivity index (χ1) is 12.4. The smallest absolute Gasteiger partial charge is 0.377 e. The number of ether oxygens (including phenoxy) is 1. The Balaban J connectivity index is 1.79. The number of pyridine rings is 1. The van der Waals surface area contributed by atoms with Crippen molar-refractivity contribution < 1.29 is 22.3 Å². The second kappa shape index (κ2) is 8.14. The third-order valence-corrected chi connectivity index (χ3v) is 4.29. The van der Waals surface area contributed by atoms with Crippen LogP contribution in [0.5, 0.6) is 0 Å². The second-order valence-electron chi connectivity index (χ2n) is 6.47. The molecular formula is C19H20F4N2O. The molecule has 0 amide bonds.